The number of hydrogen-bond donors (Lipinski definition) is 0. The zero-order chi connectivity index (χ0) is 18.9. The molecular formula is C16H15Cl2N3O4S. The fourth-order valence-corrected chi connectivity index (χ4v) is 5.12. The van der Waals surface area contributed by atoms with E-state index in [1.807, 2.05) is 0 Å². The largest absolute Gasteiger partial charge is 0.351 e. The summed E-state index contributed by atoms with van der Waals surface area (Å²) in [4.78, 5) is 16.6. The van der Waals surface area contributed by atoms with Crippen molar-refractivity contribution in [1.29, 1.82) is 0 Å². The Morgan fingerprint density at radius 1 is 1.15 bits per heavy atom. The van der Waals surface area contributed by atoms with Crippen molar-refractivity contribution >= 4 is 44.5 Å². The highest BCUT2D eigenvalue weighted by Gasteiger charge is 2.33. The van der Waals surface area contributed by atoms with E-state index in [0.29, 0.717) is 31.0 Å². The van der Waals surface area contributed by atoms with Crippen molar-refractivity contribution in [2.75, 3.05) is 18.0 Å². The van der Waals surface area contributed by atoms with Crippen LogP contribution in [0.5, 0.6) is 0 Å². The molecule has 2 heterocycles. The number of benzene rings is 1. The van der Waals surface area contributed by atoms with Crippen molar-refractivity contribution in [3.8, 4) is 0 Å². The number of rotatable bonds is 4. The molecule has 2 aromatic rings. The Labute approximate surface area is 160 Å². The van der Waals surface area contributed by atoms with Gasteiger partial charge in [0.05, 0.1) is 25.1 Å². The van der Waals surface area contributed by atoms with E-state index in [1.165, 1.54) is 36.5 Å². The van der Waals surface area contributed by atoms with E-state index in [0.717, 1.165) is 0 Å². The summed E-state index contributed by atoms with van der Waals surface area (Å²) >= 11 is 11.8. The van der Waals surface area contributed by atoms with Gasteiger partial charge in [-0.1, -0.05) is 23.2 Å². The maximum atomic E-state index is 12.8. The molecule has 138 valence electrons. The molecule has 0 bridgehead atoms. The first-order chi connectivity index (χ1) is 12.3. The molecule has 3 rings (SSSR count). The Hall–Kier alpha value is -1.90. The van der Waals surface area contributed by atoms with Gasteiger partial charge >= 0.3 is 5.69 Å². The molecule has 0 N–H and O–H groups in total. The highest BCUT2D eigenvalue weighted by molar-refractivity contribution is 7.92. The fourth-order valence-electron chi connectivity index (χ4n) is 3.00. The van der Waals surface area contributed by atoms with E-state index in [9.17, 15) is 18.5 Å². The van der Waals surface area contributed by atoms with Crippen LogP contribution in [0, 0.1) is 10.1 Å². The van der Waals surface area contributed by atoms with Crippen molar-refractivity contribution in [3.05, 3.63) is 56.7 Å². The summed E-state index contributed by atoms with van der Waals surface area (Å²) in [6.45, 7) is 0.728. The molecule has 0 radical (unpaired) electrons. The van der Waals surface area contributed by atoms with Crippen LogP contribution in [0.15, 0.2) is 41.4 Å². The van der Waals surface area contributed by atoms with E-state index >= 15 is 0 Å². The van der Waals surface area contributed by atoms with E-state index in [1.54, 1.807) is 4.90 Å². The molecule has 1 saturated heterocycles. The van der Waals surface area contributed by atoms with Gasteiger partial charge in [-0.25, -0.2) is 13.4 Å². The third-order valence-corrected chi connectivity index (χ3v) is 7.36. The minimum atomic E-state index is -3.56. The molecule has 0 spiro atoms. The van der Waals surface area contributed by atoms with Gasteiger partial charge in [-0.3, -0.25) is 10.1 Å². The van der Waals surface area contributed by atoms with Crippen LogP contribution in [0.3, 0.4) is 0 Å². The summed E-state index contributed by atoms with van der Waals surface area (Å²) in [5.41, 5.74) is -0.0849. The molecule has 10 heteroatoms. The summed E-state index contributed by atoms with van der Waals surface area (Å²) in [7, 11) is -3.56. The Morgan fingerprint density at radius 2 is 1.85 bits per heavy atom. The van der Waals surface area contributed by atoms with Crippen molar-refractivity contribution in [2.45, 2.75) is 23.0 Å². The number of anilines is 1. The average molecular weight is 416 g/mol. The molecule has 0 saturated carbocycles. The summed E-state index contributed by atoms with van der Waals surface area (Å²) in [5.74, 6) is 0.267. The van der Waals surface area contributed by atoms with Gasteiger partial charge in [0.15, 0.2) is 9.84 Å². The minimum absolute atomic E-state index is 0.0849. The second-order valence-corrected chi connectivity index (χ2v) is 8.95. The van der Waals surface area contributed by atoms with E-state index < -0.39 is 20.0 Å². The first-order valence-corrected chi connectivity index (χ1v) is 10.1. The molecule has 26 heavy (non-hydrogen) atoms. The molecular weight excluding hydrogens is 401 g/mol. The third-order valence-electron chi connectivity index (χ3n) is 4.36. The number of nitrogens with zero attached hydrogens (tertiary/aromatic N) is 3. The summed E-state index contributed by atoms with van der Waals surface area (Å²) in [6.07, 6.45) is 2.17. The second-order valence-electron chi connectivity index (χ2n) is 5.91. The monoisotopic (exact) mass is 415 g/mol. The lowest BCUT2D eigenvalue weighted by Gasteiger charge is -2.32. The number of piperidine rings is 1. The molecule has 1 aliphatic heterocycles. The topological polar surface area (TPSA) is 93.4 Å². The van der Waals surface area contributed by atoms with Crippen LogP contribution in [0.2, 0.25) is 10.0 Å². The standard InChI is InChI=1S/C16H15Cl2N3O4S/c17-13-4-3-12(10-14(13)18)26(24,25)11-5-8-20(9-6-11)16-15(21(22)23)2-1-7-19-16/h1-4,7,10-11H,5-6,8-9H2. The van der Waals surface area contributed by atoms with E-state index in [2.05, 4.69) is 4.98 Å². The molecule has 0 atom stereocenters. The molecule has 1 fully saturated rings. The van der Waals surface area contributed by atoms with Crippen LogP contribution in [-0.2, 0) is 9.84 Å². The third kappa shape index (κ3) is 3.62. The van der Waals surface area contributed by atoms with Crippen LogP contribution in [0.1, 0.15) is 12.8 Å². The van der Waals surface area contributed by atoms with Crippen molar-refractivity contribution < 1.29 is 13.3 Å². The van der Waals surface area contributed by atoms with Gasteiger partial charge in [-0.05, 0) is 37.1 Å². The highest BCUT2D eigenvalue weighted by atomic mass is 35.5. The number of hydrogen-bond acceptors (Lipinski definition) is 6. The lowest BCUT2D eigenvalue weighted by Crippen LogP contribution is -2.40. The van der Waals surface area contributed by atoms with Crippen LogP contribution in [-0.4, -0.2) is 36.7 Å². The van der Waals surface area contributed by atoms with Gasteiger partial charge in [-0.2, -0.15) is 0 Å². The Bertz CT molecular complexity index is 944. The number of pyridine rings is 1. The number of nitro groups is 1. The quantitative estimate of drug-likeness (QED) is 0.557. The molecule has 1 aromatic heterocycles. The summed E-state index contributed by atoms with van der Waals surface area (Å²) < 4.78 is 25.6. The van der Waals surface area contributed by atoms with Crippen LogP contribution in [0.25, 0.3) is 0 Å². The van der Waals surface area contributed by atoms with Crippen LogP contribution in [0.4, 0.5) is 11.5 Å². The summed E-state index contributed by atoms with van der Waals surface area (Å²) in [5, 5.41) is 11.1. The van der Waals surface area contributed by atoms with Crippen LogP contribution < -0.4 is 4.90 Å². The zero-order valence-electron chi connectivity index (χ0n) is 13.5. The van der Waals surface area contributed by atoms with Gasteiger partial charge in [0.25, 0.3) is 0 Å². The van der Waals surface area contributed by atoms with Crippen molar-refractivity contribution in [2.24, 2.45) is 0 Å². The Kier molecular flexibility index (Phi) is 5.36. The highest BCUT2D eigenvalue weighted by Crippen LogP contribution is 2.32. The minimum Gasteiger partial charge on any atom is -0.351 e. The average Bonchev–Trinajstić information content (AvgIpc) is 2.64. The predicted octanol–water partition coefficient (Wildman–Crippen LogP) is 3.74. The maximum absolute atomic E-state index is 12.8. The van der Waals surface area contributed by atoms with Crippen molar-refractivity contribution in [1.82, 2.24) is 4.98 Å². The van der Waals surface area contributed by atoms with Gasteiger partial charge in [0.2, 0.25) is 5.82 Å². The number of aromatic nitrogens is 1. The molecule has 7 nitrogen and oxygen atoms in total. The fraction of sp³-hybridized carbons (Fsp3) is 0.312. The number of sulfone groups is 1. The SMILES string of the molecule is O=[N+]([O-])c1cccnc1N1CCC(S(=O)(=O)c2ccc(Cl)c(Cl)c2)CC1. The summed E-state index contributed by atoms with van der Waals surface area (Å²) in [6, 6.07) is 7.15. The zero-order valence-corrected chi connectivity index (χ0v) is 15.8. The van der Waals surface area contributed by atoms with E-state index in [4.69, 9.17) is 23.2 Å². The molecule has 1 aliphatic rings. The predicted molar refractivity (Wildman–Crippen MR) is 99.8 cm³/mol. The molecule has 0 amide bonds. The van der Waals surface area contributed by atoms with Gasteiger partial charge in [0, 0.05) is 25.4 Å². The lowest BCUT2D eigenvalue weighted by molar-refractivity contribution is -0.384. The Balaban J connectivity index is 1.78. The van der Waals surface area contributed by atoms with Crippen molar-refractivity contribution in [3.63, 3.8) is 0 Å². The molecule has 1 aromatic carbocycles. The van der Waals surface area contributed by atoms with Gasteiger partial charge in [0.1, 0.15) is 0 Å². The van der Waals surface area contributed by atoms with Gasteiger partial charge < -0.3 is 4.90 Å². The van der Waals surface area contributed by atoms with Crippen LogP contribution >= 0.6 is 23.2 Å². The second kappa shape index (κ2) is 7.38. The smallest absolute Gasteiger partial charge is 0.311 e. The normalized spacial score (nSPS) is 15.8. The number of halogens is 2. The molecule has 0 aliphatic carbocycles. The first-order valence-electron chi connectivity index (χ1n) is 7.84. The Morgan fingerprint density at radius 3 is 2.46 bits per heavy atom. The van der Waals surface area contributed by atoms with Gasteiger partial charge in [-0.15, -0.1) is 0 Å². The molecule has 0 unspecified atom stereocenters. The lowest BCUT2D eigenvalue weighted by atomic mass is 10.1. The first kappa shape index (κ1) is 18.9. The van der Waals surface area contributed by atoms with E-state index in [-0.39, 0.29) is 21.4 Å². The maximum Gasteiger partial charge on any atom is 0.311 e.